The molecular formula is C11H11NO5. The molecule has 0 aliphatic carbocycles. The minimum absolute atomic E-state index is 0.221. The molecule has 0 saturated heterocycles. The number of hydrogen-bond acceptors (Lipinski definition) is 5. The van der Waals surface area contributed by atoms with Crippen molar-refractivity contribution in [1.82, 2.24) is 0 Å². The van der Waals surface area contributed by atoms with Crippen molar-refractivity contribution in [3.63, 3.8) is 0 Å². The highest BCUT2D eigenvalue weighted by molar-refractivity contribution is 5.94. The van der Waals surface area contributed by atoms with Crippen LogP contribution in [0.2, 0.25) is 0 Å². The number of carbonyl (C=O) groups is 3. The zero-order chi connectivity index (χ0) is 12.8. The van der Waals surface area contributed by atoms with Gasteiger partial charge in [0.15, 0.2) is 6.61 Å². The van der Waals surface area contributed by atoms with Gasteiger partial charge in [0.05, 0.1) is 18.2 Å². The summed E-state index contributed by atoms with van der Waals surface area (Å²) < 4.78 is 9.09. The van der Waals surface area contributed by atoms with E-state index in [1.54, 1.807) is 0 Å². The molecule has 0 aliphatic rings. The molecule has 0 fully saturated rings. The van der Waals surface area contributed by atoms with Gasteiger partial charge < -0.3 is 15.2 Å². The first kappa shape index (κ1) is 12.7. The summed E-state index contributed by atoms with van der Waals surface area (Å²) in [7, 11) is 1.26. The summed E-state index contributed by atoms with van der Waals surface area (Å²) in [6, 6.07) is 5.64. The lowest BCUT2D eigenvalue weighted by Gasteiger charge is -2.03. The summed E-state index contributed by atoms with van der Waals surface area (Å²) in [5.41, 5.74) is 5.36. The Hall–Kier alpha value is -2.37. The fraction of sp³-hybridized carbons (Fsp3) is 0.182. The van der Waals surface area contributed by atoms with Gasteiger partial charge in [-0.1, -0.05) is 0 Å². The van der Waals surface area contributed by atoms with Gasteiger partial charge in [-0.2, -0.15) is 0 Å². The number of methoxy groups -OCH3 is 1. The fourth-order valence-corrected chi connectivity index (χ4v) is 1.08. The third kappa shape index (κ3) is 3.60. The Labute approximate surface area is 97.3 Å². The van der Waals surface area contributed by atoms with Crippen molar-refractivity contribution < 1.29 is 23.9 Å². The molecule has 1 rings (SSSR count). The molecule has 0 saturated carbocycles. The van der Waals surface area contributed by atoms with Crippen LogP contribution in [-0.4, -0.2) is 31.6 Å². The van der Waals surface area contributed by atoms with Crippen molar-refractivity contribution in [2.45, 2.75) is 0 Å². The van der Waals surface area contributed by atoms with Crippen LogP contribution in [0.1, 0.15) is 20.7 Å². The Morgan fingerprint density at radius 2 is 1.53 bits per heavy atom. The minimum Gasteiger partial charge on any atom is -0.465 e. The van der Waals surface area contributed by atoms with Crippen molar-refractivity contribution >= 4 is 17.8 Å². The van der Waals surface area contributed by atoms with Crippen LogP contribution in [0.4, 0.5) is 0 Å². The first-order valence-electron chi connectivity index (χ1n) is 4.68. The van der Waals surface area contributed by atoms with E-state index in [2.05, 4.69) is 9.47 Å². The third-order valence-corrected chi connectivity index (χ3v) is 1.89. The number of carbonyl (C=O) groups excluding carboxylic acids is 3. The van der Waals surface area contributed by atoms with Crippen LogP contribution >= 0.6 is 0 Å². The van der Waals surface area contributed by atoms with Gasteiger partial charge in [0, 0.05) is 0 Å². The molecule has 0 spiro atoms. The van der Waals surface area contributed by atoms with Crippen LogP contribution in [0.3, 0.4) is 0 Å². The lowest BCUT2D eigenvalue weighted by Crippen LogP contribution is -2.20. The molecule has 0 aromatic heterocycles. The van der Waals surface area contributed by atoms with Crippen molar-refractivity contribution in [2.24, 2.45) is 5.73 Å². The van der Waals surface area contributed by atoms with Gasteiger partial charge >= 0.3 is 11.9 Å². The first-order valence-corrected chi connectivity index (χ1v) is 4.68. The van der Waals surface area contributed by atoms with E-state index < -0.39 is 24.5 Å². The summed E-state index contributed by atoms with van der Waals surface area (Å²) >= 11 is 0. The van der Waals surface area contributed by atoms with Gasteiger partial charge in [0.2, 0.25) is 0 Å². The van der Waals surface area contributed by atoms with Gasteiger partial charge in [0.1, 0.15) is 0 Å². The molecule has 2 N–H and O–H groups in total. The molecular weight excluding hydrogens is 226 g/mol. The number of primary amides is 1. The van der Waals surface area contributed by atoms with Crippen LogP contribution in [0.15, 0.2) is 24.3 Å². The van der Waals surface area contributed by atoms with E-state index in [0.29, 0.717) is 5.56 Å². The molecule has 1 aromatic rings. The second kappa shape index (κ2) is 5.64. The van der Waals surface area contributed by atoms with Crippen LogP contribution in [0.25, 0.3) is 0 Å². The summed E-state index contributed by atoms with van der Waals surface area (Å²) in [5.74, 6) is -1.91. The molecule has 1 amide bonds. The van der Waals surface area contributed by atoms with Crippen molar-refractivity contribution in [2.75, 3.05) is 13.7 Å². The number of amides is 1. The van der Waals surface area contributed by atoms with Crippen LogP contribution < -0.4 is 5.73 Å². The number of esters is 2. The zero-order valence-electron chi connectivity index (χ0n) is 9.14. The summed E-state index contributed by atoms with van der Waals surface area (Å²) in [6.45, 7) is -0.475. The Bertz CT molecular complexity index is 438. The normalized spacial score (nSPS) is 9.47. The van der Waals surface area contributed by atoms with Crippen LogP contribution in [0.5, 0.6) is 0 Å². The summed E-state index contributed by atoms with van der Waals surface area (Å²) in [6.07, 6.45) is 0. The monoisotopic (exact) mass is 237 g/mol. The molecule has 90 valence electrons. The second-order valence-electron chi connectivity index (χ2n) is 3.11. The summed E-state index contributed by atoms with van der Waals surface area (Å²) in [5, 5.41) is 0. The lowest BCUT2D eigenvalue weighted by atomic mass is 10.1. The molecule has 0 aliphatic heterocycles. The van der Waals surface area contributed by atoms with E-state index in [1.165, 1.54) is 31.4 Å². The predicted octanol–water partition coefficient (Wildman–Crippen LogP) is 0.115. The average molecular weight is 237 g/mol. The van der Waals surface area contributed by atoms with Gasteiger partial charge in [-0.25, -0.2) is 9.59 Å². The van der Waals surface area contributed by atoms with E-state index in [4.69, 9.17) is 5.73 Å². The molecule has 0 atom stereocenters. The molecule has 17 heavy (non-hydrogen) atoms. The van der Waals surface area contributed by atoms with E-state index in [-0.39, 0.29) is 5.56 Å². The SMILES string of the molecule is COC(=O)c1ccc(C(=O)OCC(N)=O)cc1. The molecule has 6 nitrogen and oxygen atoms in total. The molecule has 1 aromatic carbocycles. The maximum atomic E-state index is 11.4. The van der Waals surface area contributed by atoms with Crippen molar-refractivity contribution in [3.05, 3.63) is 35.4 Å². The van der Waals surface area contributed by atoms with Crippen LogP contribution in [0, 0.1) is 0 Å². The second-order valence-corrected chi connectivity index (χ2v) is 3.11. The molecule has 6 heteroatoms. The Morgan fingerprint density at radius 3 is 1.94 bits per heavy atom. The predicted molar refractivity (Wildman–Crippen MR) is 57.3 cm³/mol. The standard InChI is InChI=1S/C11H11NO5/c1-16-10(14)7-2-4-8(5-3-7)11(15)17-6-9(12)13/h2-5H,6H2,1H3,(H2,12,13). The zero-order valence-corrected chi connectivity index (χ0v) is 9.14. The number of ether oxygens (including phenoxy) is 2. The molecule has 0 bridgehead atoms. The van der Waals surface area contributed by atoms with Gasteiger partial charge in [-0.3, -0.25) is 4.79 Å². The molecule has 0 unspecified atom stereocenters. The van der Waals surface area contributed by atoms with Crippen molar-refractivity contribution in [3.8, 4) is 0 Å². The van der Waals surface area contributed by atoms with Crippen LogP contribution in [-0.2, 0) is 14.3 Å². The van der Waals surface area contributed by atoms with E-state index in [1.807, 2.05) is 0 Å². The first-order chi connectivity index (χ1) is 8.04. The van der Waals surface area contributed by atoms with Gasteiger partial charge in [-0.15, -0.1) is 0 Å². The number of benzene rings is 1. The van der Waals surface area contributed by atoms with Crippen molar-refractivity contribution in [1.29, 1.82) is 0 Å². The number of nitrogens with two attached hydrogens (primary N) is 1. The number of hydrogen-bond donors (Lipinski definition) is 1. The van der Waals surface area contributed by atoms with E-state index >= 15 is 0 Å². The largest absolute Gasteiger partial charge is 0.465 e. The molecule has 0 heterocycles. The molecule has 0 radical (unpaired) electrons. The Morgan fingerprint density at radius 1 is 1.06 bits per heavy atom. The Kier molecular flexibility index (Phi) is 4.21. The average Bonchev–Trinajstić information content (AvgIpc) is 2.35. The van der Waals surface area contributed by atoms with E-state index in [0.717, 1.165) is 0 Å². The number of rotatable bonds is 4. The maximum Gasteiger partial charge on any atom is 0.338 e. The van der Waals surface area contributed by atoms with Gasteiger partial charge in [-0.05, 0) is 24.3 Å². The van der Waals surface area contributed by atoms with Gasteiger partial charge in [0.25, 0.3) is 5.91 Å². The maximum absolute atomic E-state index is 11.4. The van der Waals surface area contributed by atoms with E-state index in [9.17, 15) is 14.4 Å². The Balaban J connectivity index is 2.70. The smallest absolute Gasteiger partial charge is 0.338 e. The highest BCUT2D eigenvalue weighted by Crippen LogP contribution is 2.07. The lowest BCUT2D eigenvalue weighted by molar-refractivity contribution is -0.121. The summed E-state index contributed by atoms with van der Waals surface area (Å²) in [4.78, 5) is 32.9. The highest BCUT2D eigenvalue weighted by atomic mass is 16.5. The fourth-order valence-electron chi connectivity index (χ4n) is 1.08. The highest BCUT2D eigenvalue weighted by Gasteiger charge is 2.10. The minimum atomic E-state index is -0.732. The topological polar surface area (TPSA) is 95.7 Å². The third-order valence-electron chi connectivity index (χ3n) is 1.89. The quantitative estimate of drug-likeness (QED) is 0.750.